The van der Waals surface area contributed by atoms with Crippen molar-refractivity contribution in [3.05, 3.63) is 29.6 Å². The molecular formula is C14H23N5O. The molecule has 6 nitrogen and oxygen atoms in total. The van der Waals surface area contributed by atoms with E-state index in [9.17, 15) is 4.79 Å². The van der Waals surface area contributed by atoms with Crippen molar-refractivity contribution in [3.63, 3.8) is 0 Å². The Kier molecular flexibility index (Phi) is 5.05. The van der Waals surface area contributed by atoms with Crippen molar-refractivity contribution in [2.45, 2.75) is 25.4 Å². The Bertz CT molecular complexity index is 437. The number of carbonyl (C=O) groups excluding carboxylic acids is 1. The average molecular weight is 277 g/mol. The smallest absolute Gasteiger partial charge is 0.266 e. The molecule has 1 aliphatic rings. The molecule has 3 N–H and O–H groups in total. The predicted molar refractivity (Wildman–Crippen MR) is 77.9 cm³/mol. The van der Waals surface area contributed by atoms with Gasteiger partial charge in [0.25, 0.3) is 5.91 Å². The molecule has 1 aromatic heterocycles. The van der Waals surface area contributed by atoms with Crippen molar-refractivity contribution in [3.8, 4) is 0 Å². The van der Waals surface area contributed by atoms with Crippen LogP contribution in [0, 0.1) is 0 Å². The van der Waals surface area contributed by atoms with Gasteiger partial charge in [0, 0.05) is 31.9 Å². The van der Waals surface area contributed by atoms with Crippen LogP contribution in [0.25, 0.3) is 0 Å². The maximum absolute atomic E-state index is 11.3. The number of hydrogen-bond acceptors (Lipinski definition) is 5. The normalized spacial score (nSPS) is 17.4. The second kappa shape index (κ2) is 6.78. The van der Waals surface area contributed by atoms with Crippen LogP contribution < -0.4 is 11.3 Å². The van der Waals surface area contributed by atoms with E-state index in [1.54, 1.807) is 12.3 Å². The van der Waals surface area contributed by atoms with E-state index in [1.165, 1.54) is 12.8 Å². The number of nitrogen functional groups attached to an aromatic ring is 1. The van der Waals surface area contributed by atoms with Crippen LogP contribution in [0.15, 0.2) is 18.3 Å². The molecule has 1 amide bonds. The van der Waals surface area contributed by atoms with Crippen molar-refractivity contribution in [1.29, 1.82) is 0 Å². The molecule has 0 saturated carbocycles. The molecule has 110 valence electrons. The van der Waals surface area contributed by atoms with Gasteiger partial charge in [-0.2, -0.15) is 0 Å². The van der Waals surface area contributed by atoms with Crippen molar-refractivity contribution in [2.24, 2.45) is 5.84 Å². The zero-order chi connectivity index (χ0) is 14.5. The zero-order valence-electron chi connectivity index (χ0n) is 12.2. The minimum Gasteiger partial charge on any atom is -0.306 e. The van der Waals surface area contributed by atoms with Gasteiger partial charge in [0.1, 0.15) is 0 Å². The van der Waals surface area contributed by atoms with E-state index in [0.29, 0.717) is 11.6 Å². The number of aromatic nitrogens is 1. The Morgan fingerprint density at radius 3 is 2.65 bits per heavy atom. The lowest BCUT2D eigenvalue weighted by Gasteiger charge is -2.34. The molecule has 6 heteroatoms. The summed E-state index contributed by atoms with van der Waals surface area (Å²) >= 11 is 0. The van der Waals surface area contributed by atoms with Crippen molar-refractivity contribution < 1.29 is 4.79 Å². The Hall–Kier alpha value is -1.50. The summed E-state index contributed by atoms with van der Waals surface area (Å²) in [6, 6.07) is 4.34. The molecular weight excluding hydrogens is 254 g/mol. The lowest BCUT2D eigenvalue weighted by atomic mass is 10.0. The van der Waals surface area contributed by atoms with Gasteiger partial charge < -0.3 is 4.90 Å². The lowest BCUT2D eigenvalue weighted by Crippen LogP contribution is -2.41. The van der Waals surface area contributed by atoms with Gasteiger partial charge >= 0.3 is 0 Å². The van der Waals surface area contributed by atoms with Crippen molar-refractivity contribution >= 4 is 5.91 Å². The van der Waals surface area contributed by atoms with Gasteiger partial charge in [0.05, 0.1) is 11.3 Å². The van der Waals surface area contributed by atoms with Crippen molar-refractivity contribution in [1.82, 2.24) is 20.2 Å². The maximum atomic E-state index is 11.3. The highest BCUT2D eigenvalue weighted by Gasteiger charge is 2.20. The van der Waals surface area contributed by atoms with Crippen LogP contribution in [0.2, 0.25) is 0 Å². The number of likely N-dealkylation sites (tertiary alicyclic amines) is 1. The summed E-state index contributed by atoms with van der Waals surface area (Å²) in [4.78, 5) is 20.4. The summed E-state index contributed by atoms with van der Waals surface area (Å²) in [5.41, 5.74) is 3.58. The van der Waals surface area contributed by atoms with Gasteiger partial charge in [-0.15, -0.1) is 0 Å². The van der Waals surface area contributed by atoms with Gasteiger partial charge in [0.2, 0.25) is 0 Å². The molecule has 2 rings (SSSR count). The van der Waals surface area contributed by atoms with Crippen LogP contribution in [0.1, 0.15) is 28.9 Å². The largest absolute Gasteiger partial charge is 0.306 e. The highest BCUT2D eigenvalue weighted by atomic mass is 16.2. The average Bonchev–Trinajstić information content (AvgIpc) is 2.48. The molecule has 0 radical (unpaired) electrons. The van der Waals surface area contributed by atoms with Gasteiger partial charge in [0.15, 0.2) is 0 Å². The number of carbonyl (C=O) groups is 1. The molecule has 0 aromatic carbocycles. The van der Waals surface area contributed by atoms with E-state index in [0.717, 1.165) is 25.3 Å². The molecule has 0 spiro atoms. The van der Waals surface area contributed by atoms with Crippen LogP contribution in [0.3, 0.4) is 0 Å². The summed E-state index contributed by atoms with van der Waals surface area (Å²) in [5.74, 6) is 4.78. The zero-order valence-corrected chi connectivity index (χ0v) is 12.2. The van der Waals surface area contributed by atoms with Gasteiger partial charge in [-0.25, -0.2) is 5.84 Å². The van der Waals surface area contributed by atoms with E-state index < -0.39 is 0 Å². The van der Waals surface area contributed by atoms with Crippen LogP contribution in [0.4, 0.5) is 0 Å². The molecule has 0 aliphatic carbocycles. The monoisotopic (exact) mass is 277 g/mol. The Morgan fingerprint density at radius 2 is 2.15 bits per heavy atom. The number of hydrogen-bond donors (Lipinski definition) is 2. The predicted octanol–water partition coefficient (Wildman–Crippen LogP) is 0.211. The molecule has 0 atom stereocenters. The first-order valence-electron chi connectivity index (χ1n) is 6.95. The molecule has 0 bridgehead atoms. The highest BCUT2D eigenvalue weighted by Crippen LogP contribution is 2.16. The minimum absolute atomic E-state index is 0.309. The minimum atomic E-state index is -0.309. The first-order chi connectivity index (χ1) is 9.60. The maximum Gasteiger partial charge on any atom is 0.266 e. The number of amides is 1. The van der Waals surface area contributed by atoms with E-state index in [2.05, 4.69) is 34.3 Å². The summed E-state index contributed by atoms with van der Waals surface area (Å²) in [5, 5.41) is 0. The second-order valence-electron chi connectivity index (χ2n) is 5.48. The Morgan fingerprint density at radius 1 is 1.45 bits per heavy atom. The van der Waals surface area contributed by atoms with Gasteiger partial charge in [-0.3, -0.25) is 20.1 Å². The molecule has 1 aliphatic heterocycles. The standard InChI is InChI=1S/C14H23N5O/c1-18(2)13-5-7-19(8-6-13)10-12-4-3-11(9-16-12)14(20)17-15/h3-4,9,13H,5-8,10,15H2,1-2H3,(H,17,20). The SMILES string of the molecule is CN(C)C1CCN(Cc2ccc(C(=O)NN)cn2)CC1. The molecule has 1 aromatic rings. The third-order valence-electron chi connectivity index (χ3n) is 3.89. The molecule has 0 unspecified atom stereocenters. The van der Waals surface area contributed by atoms with Crippen LogP contribution in [-0.4, -0.2) is 53.9 Å². The van der Waals surface area contributed by atoms with Crippen LogP contribution >= 0.6 is 0 Å². The van der Waals surface area contributed by atoms with E-state index >= 15 is 0 Å². The fraction of sp³-hybridized carbons (Fsp3) is 0.571. The number of nitrogens with zero attached hydrogens (tertiary/aromatic N) is 3. The van der Waals surface area contributed by atoms with E-state index in [-0.39, 0.29) is 5.91 Å². The number of nitrogens with one attached hydrogen (secondary N) is 1. The summed E-state index contributed by atoms with van der Waals surface area (Å²) in [6.45, 7) is 3.02. The quantitative estimate of drug-likeness (QED) is 0.467. The van der Waals surface area contributed by atoms with Gasteiger partial charge in [-0.1, -0.05) is 0 Å². The Labute approximate surface area is 119 Å². The fourth-order valence-electron chi connectivity index (χ4n) is 2.56. The Balaban J connectivity index is 1.87. The molecule has 1 fully saturated rings. The number of nitrogens with two attached hydrogens (primary N) is 1. The molecule has 1 saturated heterocycles. The van der Waals surface area contributed by atoms with Gasteiger partial charge in [-0.05, 0) is 39.1 Å². The topological polar surface area (TPSA) is 74.5 Å². The molecule has 20 heavy (non-hydrogen) atoms. The fourth-order valence-corrected chi connectivity index (χ4v) is 2.56. The van der Waals surface area contributed by atoms with Crippen LogP contribution in [0.5, 0.6) is 0 Å². The second-order valence-corrected chi connectivity index (χ2v) is 5.48. The van der Waals surface area contributed by atoms with E-state index in [1.807, 2.05) is 6.07 Å². The van der Waals surface area contributed by atoms with Crippen LogP contribution in [-0.2, 0) is 6.54 Å². The molecule has 2 heterocycles. The lowest BCUT2D eigenvalue weighted by molar-refractivity contribution is 0.0953. The van der Waals surface area contributed by atoms with Crippen molar-refractivity contribution in [2.75, 3.05) is 27.2 Å². The third kappa shape index (κ3) is 3.75. The summed E-state index contributed by atoms with van der Waals surface area (Å²) in [7, 11) is 4.28. The van der Waals surface area contributed by atoms with E-state index in [4.69, 9.17) is 5.84 Å². The summed E-state index contributed by atoms with van der Waals surface area (Å²) in [6.07, 6.45) is 3.96. The number of piperidine rings is 1. The number of rotatable bonds is 4. The first-order valence-corrected chi connectivity index (χ1v) is 6.95. The number of hydrazine groups is 1. The summed E-state index contributed by atoms with van der Waals surface area (Å²) < 4.78 is 0. The highest BCUT2D eigenvalue weighted by molar-refractivity contribution is 5.93. The number of pyridine rings is 1. The third-order valence-corrected chi connectivity index (χ3v) is 3.89. The first kappa shape index (κ1) is 14.9.